The maximum absolute atomic E-state index is 8.96. The number of thiocarbonyl (C=S) groups is 1. The highest BCUT2D eigenvalue weighted by molar-refractivity contribution is 7.80. The van der Waals surface area contributed by atoms with Crippen LogP contribution in [0.5, 0.6) is 0 Å². The summed E-state index contributed by atoms with van der Waals surface area (Å²) in [6.07, 6.45) is 4.05. The number of ether oxygens (including phenoxy) is 1. The number of aliphatic hydroxyl groups is 1. The summed E-state index contributed by atoms with van der Waals surface area (Å²) in [5, 5.41) is 9.27. The van der Waals surface area contributed by atoms with Crippen LogP contribution in [0.1, 0.15) is 39.5 Å². The lowest BCUT2D eigenvalue weighted by Crippen LogP contribution is -2.17. The molecule has 0 bridgehead atoms. The molecule has 12 heavy (non-hydrogen) atoms. The van der Waals surface area contributed by atoms with Crippen LogP contribution >= 0.6 is 12.2 Å². The average molecular weight is 190 g/mol. The van der Waals surface area contributed by atoms with E-state index < -0.39 is 6.10 Å². The molecule has 1 unspecified atom stereocenters. The third kappa shape index (κ3) is 6.55. The minimum absolute atomic E-state index is 0.312. The predicted octanol–water partition coefficient (Wildman–Crippen LogP) is 2.29. The fourth-order valence-electron chi connectivity index (χ4n) is 0.822. The first kappa shape index (κ1) is 11.8. The van der Waals surface area contributed by atoms with Crippen molar-refractivity contribution in [3.63, 3.8) is 0 Å². The van der Waals surface area contributed by atoms with Gasteiger partial charge in [0.15, 0.2) is 5.05 Å². The number of rotatable bonds is 6. The lowest BCUT2D eigenvalue weighted by atomic mass is 10.2. The number of hydrogen-bond acceptors (Lipinski definition) is 3. The van der Waals surface area contributed by atoms with E-state index in [1.54, 1.807) is 6.92 Å². The van der Waals surface area contributed by atoms with E-state index in [2.05, 4.69) is 6.92 Å². The van der Waals surface area contributed by atoms with Gasteiger partial charge in [-0.05, 0) is 25.6 Å². The van der Waals surface area contributed by atoms with Crippen molar-refractivity contribution in [2.24, 2.45) is 0 Å². The van der Waals surface area contributed by atoms with Crippen LogP contribution in [0.2, 0.25) is 0 Å². The Hall–Kier alpha value is -0.150. The fraction of sp³-hybridized carbons (Fsp3) is 0.889. The first-order chi connectivity index (χ1) is 5.68. The highest BCUT2D eigenvalue weighted by atomic mass is 32.1. The number of hydrogen-bond donors (Lipinski definition) is 1. The van der Waals surface area contributed by atoms with Gasteiger partial charge in [-0.2, -0.15) is 0 Å². The quantitative estimate of drug-likeness (QED) is 0.515. The van der Waals surface area contributed by atoms with Crippen molar-refractivity contribution in [3.8, 4) is 0 Å². The summed E-state index contributed by atoms with van der Waals surface area (Å²) in [5.74, 6) is 0. The molecule has 0 saturated carbocycles. The molecule has 0 spiro atoms. The molecule has 3 heteroatoms. The molecule has 0 fully saturated rings. The standard InChI is InChI=1S/C9H18O2S/c1-3-4-5-6-7-11-9(12)8(2)10/h8,10H,3-7H2,1-2H3. The van der Waals surface area contributed by atoms with E-state index >= 15 is 0 Å². The van der Waals surface area contributed by atoms with Gasteiger partial charge in [-0.3, -0.25) is 0 Å². The van der Waals surface area contributed by atoms with Crippen LogP contribution in [-0.2, 0) is 4.74 Å². The molecule has 1 N–H and O–H groups in total. The predicted molar refractivity (Wildman–Crippen MR) is 54.4 cm³/mol. The molecule has 2 nitrogen and oxygen atoms in total. The molecule has 0 aromatic rings. The molecule has 1 atom stereocenters. The SMILES string of the molecule is CCCCCCOC(=S)C(C)O. The molecule has 0 aliphatic rings. The molecule has 0 aliphatic carbocycles. The Morgan fingerprint density at radius 1 is 1.42 bits per heavy atom. The van der Waals surface area contributed by atoms with E-state index in [1.807, 2.05) is 0 Å². The van der Waals surface area contributed by atoms with Crippen LogP contribution in [0, 0.1) is 0 Å². The molecular formula is C9H18O2S. The maximum Gasteiger partial charge on any atom is 0.188 e. The van der Waals surface area contributed by atoms with E-state index in [9.17, 15) is 0 Å². The highest BCUT2D eigenvalue weighted by Crippen LogP contribution is 2.00. The van der Waals surface area contributed by atoms with Crippen LogP contribution in [0.25, 0.3) is 0 Å². The van der Waals surface area contributed by atoms with E-state index in [0.29, 0.717) is 11.7 Å². The zero-order valence-corrected chi connectivity index (χ0v) is 8.69. The summed E-state index contributed by atoms with van der Waals surface area (Å²) in [5.41, 5.74) is 0. The molecule has 0 aromatic heterocycles. The van der Waals surface area contributed by atoms with Crippen LogP contribution in [0.3, 0.4) is 0 Å². The van der Waals surface area contributed by atoms with Gasteiger partial charge in [0.25, 0.3) is 0 Å². The van der Waals surface area contributed by atoms with E-state index in [0.717, 1.165) is 6.42 Å². The van der Waals surface area contributed by atoms with E-state index in [-0.39, 0.29) is 0 Å². The monoisotopic (exact) mass is 190 g/mol. The molecule has 0 heterocycles. The lowest BCUT2D eigenvalue weighted by molar-refractivity contribution is 0.203. The Morgan fingerprint density at radius 3 is 2.58 bits per heavy atom. The zero-order chi connectivity index (χ0) is 9.40. The van der Waals surface area contributed by atoms with Gasteiger partial charge in [0.1, 0.15) is 6.10 Å². The number of unbranched alkanes of at least 4 members (excludes halogenated alkanes) is 3. The van der Waals surface area contributed by atoms with Crippen molar-refractivity contribution < 1.29 is 9.84 Å². The minimum atomic E-state index is -0.619. The van der Waals surface area contributed by atoms with Crippen molar-refractivity contribution in [1.82, 2.24) is 0 Å². The second kappa shape index (κ2) is 7.50. The first-order valence-corrected chi connectivity index (χ1v) is 4.94. The van der Waals surface area contributed by atoms with Crippen LogP contribution in [0.4, 0.5) is 0 Å². The molecule has 0 aliphatic heterocycles. The van der Waals surface area contributed by atoms with E-state index in [1.165, 1.54) is 19.3 Å². The Balaban J connectivity index is 3.14. The van der Waals surface area contributed by atoms with Crippen LogP contribution in [-0.4, -0.2) is 22.9 Å². The molecular weight excluding hydrogens is 172 g/mol. The van der Waals surface area contributed by atoms with Gasteiger partial charge in [0, 0.05) is 0 Å². The second-order valence-corrected chi connectivity index (χ2v) is 3.31. The van der Waals surface area contributed by atoms with Crippen molar-refractivity contribution in [1.29, 1.82) is 0 Å². The summed E-state index contributed by atoms with van der Waals surface area (Å²) in [6, 6.07) is 0. The number of aliphatic hydroxyl groups excluding tert-OH is 1. The molecule has 0 radical (unpaired) electrons. The van der Waals surface area contributed by atoms with Gasteiger partial charge in [0.05, 0.1) is 6.61 Å². The molecule has 0 aromatic carbocycles. The van der Waals surface area contributed by atoms with Crippen LogP contribution in [0.15, 0.2) is 0 Å². The Bertz CT molecular complexity index is 124. The van der Waals surface area contributed by atoms with Gasteiger partial charge >= 0.3 is 0 Å². The van der Waals surface area contributed by atoms with Gasteiger partial charge in [-0.25, -0.2) is 0 Å². The van der Waals surface area contributed by atoms with Crippen molar-refractivity contribution >= 4 is 17.3 Å². The summed E-state index contributed by atoms with van der Waals surface area (Å²) in [4.78, 5) is 0. The summed E-state index contributed by atoms with van der Waals surface area (Å²) in [7, 11) is 0. The van der Waals surface area contributed by atoms with Crippen LogP contribution < -0.4 is 0 Å². The lowest BCUT2D eigenvalue weighted by Gasteiger charge is -2.08. The Labute approximate surface area is 79.9 Å². The largest absolute Gasteiger partial charge is 0.484 e. The smallest absolute Gasteiger partial charge is 0.188 e. The summed E-state index contributed by atoms with van der Waals surface area (Å²) in [6.45, 7) is 4.43. The van der Waals surface area contributed by atoms with Crippen molar-refractivity contribution in [2.75, 3.05) is 6.61 Å². The van der Waals surface area contributed by atoms with Gasteiger partial charge < -0.3 is 9.84 Å². The van der Waals surface area contributed by atoms with E-state index in [4.69, 9.17) is 22.1 Å². The maximum atomic E-state index is 8.96. The molecule has 0 amide bonds. The first-order valence-electron chi connectivity index (χ1n) is 4.53. The normalized spacial score (nSPS) is 12.6. The second-order valence-electron chi connectivity index (χ2n) is 2.90. The highest BCUT2D eigenvalue weighted by Gasteiger charge is 2.03. The molecule has 0 rings (SSSR count). The third-order valence-electron chi connectivity index (χ3n) is 1.58. The molecule has 72 valence electrons. The van der Waals surface area contributed by atoms with Gasteiger partial charge in [-0.15, -0.1) is 0 Å². The Morgan fingerprint density at radius 2 is 2.08 bits per heavy atom. The molecule has 0 saturated heterocycles. The fourth-order valence-corrected chi connectivity index (χ4v) is 0.906. The van der Waals surface area contributed by atoms with Crippen molar-refractivity contribution in [3.05, 3.63) is 0 Å². The van der Waals surface area contributed by atoms with Crippen molar-refractivity contribution in [2.45, 2.75) is 45.6 Å². The Kier molecular flexibility index (Phi) is 7.40. The average Bonchev–Trinajstić information content (AvgIpc) is 2.03. The van der Waals surface area contributed by atoms with Gasteiger partial charge in [0.2, 0.25) is 0 Å². The topological polar surface area (TPSA) is 29.5 Å². The summed E-state index contributed by atoms with van der Waals surface area (Å²) < 4.78 is 5.13. The van der Waals surface area contributed by atoms with Gasteiger partial charge in [-0.1, -0.05) is 26.2 Å². The zero-order valence-electron chi connectivity index (χ0n) is 7.88. The minimum Gasteiger partial charge on any atom is -0.484 e. The third-order valence-corrected chi connectivity index (χ3v) is 2.04. The summed E-state index contributed by atoms with van der Waals surface area (Å²) >= 11 is 4.78.